The van der Waals surface area contributed by atoms with Crippen molar-refractivity contribution in [1.29, 1.82) is 0 Å². The van der Waals surface area contributed by atoms with E-state index in [1.165, 1.54) is 11.1 Å². The van der Waals surface area contributed by atoms with Crippen LogP contribution in [-0.4, -0.2) is 0 Å². The summed E-state index contributed by atoms with van der Waals surface area (Å²) in [5.74, 6) is 0. The third-order valence-corrected chi connectivity index (χ3v) is 20.7. The third-order valence-electron chi connectivity index (χ3n) is 20.7. The summed E-state index contributed by atoms with van der Waals surface area (Å²) < 4.78 is 15.6. The van der Waals surface area contributed by atoms with E-state index in [9.17, 15) is 0 Å². The molecule has 2 heterocycles. The molecule has 104 heavy (non-hydrogen) atoms. The van der Waals surface area contributed by atoms with Crippen LogP contribution in [0.2, 0.25) is 0 Å². The average Bonchev–Trinajstić information content (AvgIpc) is 1.53. The van der Waals surface area contributed by atoms with Gasteiger partial charge in [0, 0.05) is 90.6 Å². The molecular weight excluding hydrogens is 1270 g/mol. The first-order valence-corrected chi connectivity index (χ1v) is 35.4. The Labute approximate surface area is 601 Å². The first-order valence-electron chi connectivity index (χ1n) is 35.4. The molecule has 0 unspecified atom stereocenters. The normalized spacial score (nSPS) is 11.7. The largest absolute Gasteiger partial charge is 0.454 e. The second-order valence-electron chi connectivity index (χ2n) is 26.8. The summed E-state index contributed by atoms with van der Waals surface area (Å²) in [6.07, 6.45) is 0. The predicted molar refractivity (Wildman–Crippen MR) is 438 cm³/mol. The number of para-hydroxylation sites is 2. The summed E-state index contributed by atoms with van der Waals surface area (Å²) in [5, 5.41) is 15.0. The van der Waals surface area contributed by atoms with E-state index < -0.39 is 0 Å². The van der Waals surface area contributed by atoms with Gasteiger partial charge in [-0.2, -0.15) is 0 Å². The van der Waals surface area contributed by atoms with Crippen molar-refractivity contribution in [3.05, 3.63) is 388 Å². The van der Waals surface area contributed by atoms with Crippen LogP contribution in [-0.2, 0) is 0 Å². The van der Waals surface area contributed by atoms with Gasteiger partial charge in [0.2, 0.25) is 0 Å². The molecule has 6 nitrogen and oxygen atoms in total. The molecule has 0 aliphatic rings. The van der Waals surface area contributed by atoms with Crippen molar-refractivity contribution in [2.24, 2.45) is 0 Å². The van der Waals surface area contributed by atoms with Gasteiger partial charge in [0.1, 0.15) is 11.2 Å². The fourth-order valence-corrected chi connectivity index (χ4v) is 15.7. The smallest absolute Gasteiger partial charge is 0.160 e. The van der Waals surface area contributed by atoms with Gasteiger partial charge in [-0.05, 0) is 210 Å². The number of fused-ring (bicyclic) bond motifs is 13. The van der Waals surface area contributed by atoms with Crippen LogP contribution in [0.3, 0.4) is 0 Å². The van der Waals surface area contributed by atoms with Crippen molar-refractivity contribution in [2.45, 2.75) is 0 Å². The quantitative estimate of drug-likeness (QED) is 0.108. The number of hydrogen-bond acceptors (Lipinski definition) is 6. The first kappa shape index (κ1) is 60.1. The lowest BCUT2D eigenvalue weighted by Crippen LogP contribution is -2.11. The molecule has 0 bridgehead atoms. The van der Waals surface area contributed by atoms with E-state index in [2.05, 4.69) is 408 Å². The van der Waals surface area contributed by atoms with Gasteiger partial charge in [0.15, 0.2) is 11.2 Å². The summed E-state index contributed by atoms with van der Waals surface area (Å²) in [7, 11) is 0. The molecule has 488 valence electrons. The second-order valence-corrected chi connectivity index (χ2v) is 26.8. The highest BCUT2D eigenvalue weighted by Crippen LogP contribution is 2.54. The molecule has 2 aromatic heterocycles. The highest BCUT2D eigenvalue weighted by molar-refractivity contribution is 6.33. The molecule has 0 aliphatic carbocycles. The van der Waals surface area contributed by atoms with Gasteiger partial charge >= 0.3 is 0 Å². The van der Waals surface area contributed by atoms with Crippen molar-refractivity contribution in [3.8, 4) is 22.3 Å². The fourth-order valence-electron chi connectivity index (χ4n) is 15.7. The number of anilines is 12. The monoisotopic (exact) mass is 1330 g/mol. The Hall–Kier alpha value is -13.9. The van der Waals surface area contributed by atoms with Crippen molar-refractivity contribution < 1.29 is 8.83 Å². The maximum absolute atomic E-state index is 7.82. The second kappa shape index (κ2) is 25.0. The third kappa shape index (κ3) is 10.5. The van der Waals surface area contributed by atoms with Crippen LogP contribution in [0, 0.1) is 0 Å². The lowest BCUT2D eigenvalue weighted by molar-refractivity contribution is 0.668. The number of nitrogens with zero attached hydrogens (tertiary/aromatic N) is 4. The van der Waals surface area contributed by atoms with Gasteiger partial charge in [-0.25, -0.2) is 0 Å². The zero-order valence-corrected chi connectivity index (χ0v) is 56.6. The Morgan fingerprint density at radius 2 is 0.413 bits per heavy atom. The van der Waals surface area contributed by atoms with E-state index >= 15 is 0 Å². The number of hydrogen-bond donors (Lipinski definition) is 0. The van der Waals surface area contributed by atoms with Crippen molar-refractivity contribution >= 4 is 166 Å². The molecule has 0 atom stereocenters. The van der Waals surface area contributed by atoms with Crippen LogP contribution >= 0.6 is 0 Å². The minimum Gasteiger partial charge on any atom is -0.454 e. The van der Waals surface area contributed by atoms with E-state index in [4.69, 9.17) is 8.83 Å². The van der Waals surface area contributed by atoms with Gasteiger partial charge in [0.05, 0.1) is 11.4 Å². The molecule has 0 radical (unpaired) electrons. The van der Waals surface area contributed by atoms with Crippen molar-refractivity contribution in [1.82, 2.24) is 0 Å². The molecule has 0 spiro atoms. The van der Waals surface area contributed by atoms with Crippen LogP contribution in [0.1, 0.15) is 0 Å². The zero-order valence-electron chi connectivity index (χ0n) is 56.6. The van der Waals surface area contributed by atoms with E-state index in [0.29, 0.717) is 0 Å². The van der Waals surface area contributed by atoms with E-state index in [1.807, 2.05) is 0 Å². The number of benzene rings is 18. The van der Waals surface area contributed by atoms with E-state index in [-0.39, 0.29) is 0 Å². The maximum Gasteiger partial charge on any atom is 0.160 e. The summed E-state index contributed by atoms with van der Waals surface area (Å²) >= 11 is 0. The van der Waals surface area contributed by atoms with Crippen LogP contribution < -0.4 is 19.6 Å². The van der Waals surface area contributed by atoms with Crippen LogP contribution in [0.4, 0.5) is 68.2 Å². The Bertz CT molecular complexity index is 6110. The number of furan rings is 2. The molecule has 20 rings (SSSR count). The van der Waals surface area contributed by atoms with Gasteiger partial charge in [-0.3, -0.25) is 0 Å². The maximum atomic E-state index is 7.82. The summed E-state index contributed by atoms with van der Waals surface area (Å²) in [6.45, 7) is 0. The molecule has 6 heteroatoms. The van der Waals surface area contributed by atoms with Crippen LogP contribution in [0.5, 0.6) is 0 Å². The SMILES string of the molecule is c1ccc(-c2ccc(N(c3ccccc3)c3ccc4c(c3)oc3c(N(c5ccc6ccccc6c5)c5ccc6ccccc6c5)cc5c(cc(N(c6ccc7ccccc7c6)c6ccc7ccccc7c6)c6oc7cc(N(c8ccccc8)c8ccc(-c9ccccc9)cc8)ccc7c65)c34)cc2)cc1. The lowest BCUT2D eigenvalue weighted by Gasteiger charge is -2.28. The zero-order chi connectivity index (χ0) is 68.6. The highest BCUT2D eigenvalue weighted by atomic mass is 16.3. The number of rotatable bonds is 14. The van der Waals surface area contributed by atoms with Crippen molar-refractivity contribution in [2.75, 3.05) is 19.6 Å². The van der Waals surface area contributed by atoms with Gasteiger partial charge in [-0.1, -0.05) is 243 Å². The first-order chi connectivity index (χ1) is 51.5. The molecule has 0 saturated heterocycles. The Morgan fingerprint density at radius 1 is 0.163 bits per heavy atom. The van der Waals surface area contributed by atoms with E-state index in [1.54, 1.807) is 0 Å². The highest BCUT2D eigenvalue weighted by Gasteiger charge is 2.30. The molecule has 18 aromatic carbocycles. The minimum absolute atomic E-state index is 0.740. The summed E-state index contributed by atoms with van der Waals surface area (Å²) in [6, 6.07) is 140. The standard InChI is InChI=1S/C98H64N4O2/c1-5-21-65(22-6-1)71-37-45-79(46-38-71)99(77-33-9-3-10-34-77)85-53-55-87-93(61-85)103-97-91(101(81-49-41-67-25-13-17-29-73(67)57-81)82-50-42-68-26-14-18-30-74(68)58-82)64-90-89(95(87)97)63-92(102(83-51-43-69-27-15-19-31-75(69)59-83)84-52-44-70-28-16-20-32-76(70)60-84)98-96(90)88-56-54-86(62-94(88)104-98)100(78-35-11-4-12-36-78)80-47-39-72(40-48-80)66-23-7-2-8-24-66/h1-64H. The molecule has 0 aliphatic heterocycles. The molecule has 0 amide bonds. The van der Waals surface area contributed by atoms with Crippen LogP contribution in [0.15, 0.2) is 397 Å². The molecule has 0 saturated carbocycles. The van der Waals surface area contributed by atoms with E-state index in [0.717, 1.165) is 177 Å². The van der Waals surface area contributed by atoms with Crippen molar-refractivity contribution in [3.63, 3.8) is 0 Å². The molecular formula is C98H64N4O2. The van der Waals surface area contributed by atoms with Gasteiger partial charge < -0.3 is 28.4 Å². The Morgan fingerprint density at radius 3 is 0.740 bits per heavy atom. The molecule has 0 fully saturated rings. The Kier molecular flexibility index (Phi) is 14.5. The molecule has 0 N–H and O–H groups in total. The Balaban J connectivity index is 0.900. The average molecular weight is 1330 g/mol. The lowest BCUT2D eigenvalue weighted by atomic mass is 9.95. The minimum atomic E-state index is 0.740. The topological polar surface area (TPSA) is 39.2 Å². The summed E-state index contributed by atoms with van der Waals surface area (Å²) in [5.41, 5.74) is 19.3. The predicted octanol–water partition coefficient (Wildman–Crippen LogP) is 28.5. The fraction of sp³-hybridized carbons (Fsp3) is 0. The van der Waals surface area contributed by atoms with Gasteiger partial charge in [0.25, 0.3) is 0 Å². The molecule has 20 aromatic rings. The summed E-state index contributed by atoms with van der Waals surface area (Å²) in [4.78, 5) is 9.47. The van der Waals surface area contributed by atoms with Gasteiger partial charge in [-0.15, -0.1) is 0 Å². The van der Waals surface area contributed by atoms with Crippen LogP contribution in [0.25, 0.3) is 120 Å².